The van der Waals surface area contributed by atoms with Crippen molar-refractivity contribution < 1.29 is 0 Å². The molecule has 1 aromatic carbocycles. The second-order valence-electron chi connectivity index (χ2n) is 3.89. The largest absolute Gasteiger partial charge is 0.341 e. The van der Waals surface area contributed by atoms with Crippen molar-refractivity contribution in [1.82, 2.24) is 4.57 Å². The average molecular weight is 185 g/mol. The Morgan fingerprint density at radius 3 is 2.79 bits per heavy atom. The molecule has 72 valence electrons. The summed E-state index contributed by atoms with van der Waals surface area (Å²) in [4.78, 5) is 0. The number of benzene rings is 1. The molecule has 14 heavy (non-hydrogen) atoms. The topological polar surface area (TPSA) is 4.93 Å². The molecule has 0 N–H and O–H groups in total. The van der Waals surface area contributed by atoms with Gasteiger partial charge in [0.1, 0.15) is 0 Å². The Bertz CT molecular complexity index is 477. The second-order valence-corrected chi connectivity index (χ2v) is 3.89. The van der Waals surface area contributed by atoms with E-state index in [1.165, 1.54) is 22.2 Å². The minimum atomic E-state index is 0.916. The van der Waals surface area contributed by atoms with Gasteiger partial charge in [-0.2, -0.15) is 0 Å². The van der Waals surface area contributed by atoms with Crippen molar-refractivity contribution in [2.75, 3.05) is 0 Å². The standard InChI is InChI=1S/C13H15N/c1-10(2)9-14-11(3)8-12-6-4-5-7-13(12)14/h4-8H,1,9H2,2-3H3. The number of hydrogen-bond acceptors (Lipinski definition) is 0. The third-order valence-electron chi connectivity index (χ3n) is 2.45. The van der Waals surface area contributed by atoms with Gasteiger partial charge in [0.05, 0.1) is 0 Å². The summed E-state index contributed by atoms with van der Waals surface area (Å²) in [6.45, 7) is 9.08. The van der Waals surface area contributed by atoms with E-state index in [0.717, 1.165) is 6.54 Å². The summed E-state index contributed by atoms with van der Waals surface area (Å²) >= 11 is 0. The highest BCUT2D eigenvalue weighted by atomic mass is 15.0. The van der Waals surface area contributed by atoms with E-state index < -0.39 is 0 Å². The van der Waals surface area contributed by atoms with E-state index in [-0.39, 0.29) is 0 Å². The summed E-state index contributed by atoms with van der Waals surface area (Å²) < 4.78 is 2.30. The van der Waals surface area contributed by atoms with Crippen LogP contribution in [0, 0.1) is 6.92 Å². The Balaban J connectivity index is 2.62. The van der Waals surface area contributed by atoms with Crippen LogP contribution in [-0.2, 0) is 6.54 Å². The van der Waals surface area contributed by atoms with E-state index in [0.29, 0.717) is 0 Å². The SMILES string of the molecule is C=C(C)Cn1c(C)cc2ccccc21. The van der Waals surface area contributed by atoms with Gasteiger partial charge in [0.25, 0.3) is 0 Å². The number of para-hydroxylation sites is 1. The van der Waals surface area contributed by atoms with Gasteiger partial charge in [-0.3, -0.25) is 0 Å². The predicted molar refractivity (Wildman–Crippen MR) is 61.5 cm³/mol. The van der Waals surface area contributed by atoms with Crippen LogP contribution in [0.5, 0.6) is 0 Å². The number of nitrogens with zero attached hydrogens (tertiary/aromatic N) is 1. The van der Waals surface area contributed by atoms with Gasteiger partial charge in [-0.1, -0.05) is 30.4 Å². The van der Waals surface area contributed by atoms with Crippen LogP contribution in [0.15, 0.2) is 42.5 Å². The Labute approximate surface area is 84.7 Å². The minimum Gasteiger partial charge on any atom is -0.341 e. The van der Waals surface area contributed by atoms with Crippen LogP contribution in [0.25, 0.3) is 10.9 Å². The van der Waals surface area contributed by atoms with Crippen molar-refractivity contribution in [2.24, 2.45) is 0 Å². The molecular weight excluding hydrogens is 170 g/mol. The molecule has 0 bridgehead atoms. The van der Waals surface area contributed by atoms with Crippen LogP contribution in [0.2, 0.25) is 0 Å². The fraction of sp³-hybridized carbons (Fsp3) is 0.231. The number of rotatable bonds is 2. The molecule has 0 saturated heterocycles. The van der Waals surface area contributed by atoms with Crippen LogP contribution in [-0.4, -0.2) is 4.57 Å². The van der Waals surface area contributed by atoms with Gasteiger partial charge in [0, 0.05) is 17.8 Å². The molecule has 0 fully saturated rings. The zero-order valence-electron chi connectivity index (χ0n) is 8.75. The van der Waals surface area contributed by atoms with Crippen LogP contribution in [0.4, 0.5) is 0 Å². The van der Waals surface area contributed by atoms with Crippen molar-refractivity contribution >= 4 is 10.9 Å². The van der Waals surface area contributed by atoms with E-state index in [2.05, 4.69) is 55.3 Å². The van der Waals surface area contributed by atoms with Crippen LogP contribution in [0.1, 0.15) is 12.6 Å². The van der Waals surface area contributed by atoms with Gasteiger partial charge in [-0.25, -0.2) is 0 Å². The maximum Gasteiger partial charge on any atom is 0.0485 e. The lowest BCUT2D eigenvalue weighted by molar-refractivity contribution is 0.792. The van der Waals surface area contributed by atoms with Crippen molar-refractivity contribution in [1.29, 1.82) is 0 Å². The first kappa shape index (κ1) is 9.07. The zero-order chi connectivity index (χ0) is 10.1. The van der Waals surface area contributed by atoms with Gasteiger partial charge in [-0.15, -0.1) is 0 Å². The quantitative estimate of drug-likeness (QED) is 0.631. The van der Waals surface area contributed by atoms with Gasteiger partial charge >= 0.3 is 0 Å². The van der Waals surface area contributed by atoms with E-state index >= 15 is 0 Å². The summed E-state index contributed by atoms with van der Waals surface area (Å²) in [6.07, 6.45) is 0. The lowest BCUT2D eigenvalue weighted by Crippen LogP contribution is -1.99. The van der Waals surface area contributed by atoms with E-state index in [1.807, 2.05) is 0 Å². The fourth-order valence-electron chi connectivity index (χ4n) is 1.83. The van der Waals surface area contributed by atoms with Crippen molar-refractivity contribution in [2.45, 2.75) is 20.4 Å². The van der Waals surface area contributed by atoms with Crippen LogP contribution in [0.3, 0.4) is 0 Å². The Morgan fingerprint density at radius 1 is 1.36 bits per heavy atom. The molecule has 1 aromatic heterocycles. The summed E-state index contributed by atoms with van der Waals surface area (Å²) in [5.74, 6) is 0. The second kappa shape index (κ2) is 3.33. The van der Waals surface area contributed by atoms with Crippen molar-refractivity contribution in [3.05, 3.63) is 48.2 Å². The third kappa shape index (κ3) is 1.46. The van der Waals surface area contributed by atoms with E-state index in [1.54, 1.807) is 0 Å². The molecular formula is C13H15N. The normalized spacial score (nSPS) is 10.7. The molecule has 0 atom stereocenters. The third-order valence-corrected chi connectivity index (χ3v) is 2.45. The number of allylic oxidation sites excluding steroid dienone is 1. The zero-order valence-corrected chi connectivity index (χ0v) is 8.75. The van der Waals surface area contributed by atoms with Crippen LogP contribution >= 0.6 is 0 Å². The summed E-state index contributed by atoms with van der Waals surface area (Å²) in [7, 11) is 0. The lowest BCUT2D eigenvalue weighted by Gasteiger charge is -2.07. The molecule has 0 aliphatic heterocycles. The number of hydrogen-bond donors (Lipinski definition) is 0. The number of aryl methyl sites for hydroxylation is 1. The first-order valence-corrected chi connectivity index (χ1v) is 4.88. The van der Waals surface area contributed by atoms with E-state index in [9.17, 15) is 0 Å². The van der Waals surface area contributed by atoms with E-state index in [4.69, 9.17) is 0 Å². The maximum absolute atomic E-state index is 3.96. The summed E-state index contributed by atoms with van der Waals surface area (Å²) in [5, 5.41) is 1.31. The number of aromatic nitrogens is 1. The molecule has 0 unspecified atom stereocenters. The molecule has 1 nitrogen and oxygen atoms in total. The van der Waals surface area contributed by atoms with Gasteiger partial charge in [0.2, 0.25) is 0 Å². The molecule has 0 saturated carbocycles. The van der Waals surface area contributed by atoms with Gasteiger partial charge in [-0.05, 0) is 31.4 Å². The maximum atomic E-state index is 3.96. The predicted octanol–water partition coefficient (Wildman–Crippen LogP) is 3.53. The highest BCUT2D eigenvalue weighted by Crippen LogP contribution is 2.19. The first-order chi connectivity index (χ1) is 6.68. The molecule has 0 spiro atoms. The average Bonchev–Trinajstić information content (AvgIpc) is 2.43. The van der Waals surface area contributed by atoms with Gasteiger partial charge in [0.15, 0.2) is 0 Å². The fourth-order valence-corrected chi connectivity index (χ4v) is 1.83. The molecule has 2 rings (SSSR count). The highest BCUT2D eigenvalue weighted by molar-refractivity contribution is 5.81. The smallest absolute Gasteiger partial charge is 0.0485 e. The number of fused-ring (bicyclic) bond motifs is 1. The molecule has 0 aliphatic rings. The van der Waals surface area contributed by atoms with Gasteiger partial charge < -0.3 is 4.57 Å². The molecule has 0 radical (unpaired) electrons. The molecule has 1 heteroatoms. The first-order valence-electron chi connectivity index (χ1n) is 4.88. The molecule has 0 amide bonds. The lowest BCUT2D eigenvalue weighted by atomic mass is 10.2. The molecule has 0 aliphatic carbocycles. The Hall–Kier alpha value is -1.50. The minimum absolute atomic E-state index is 0.916. The molecule has 2 aromatic rings. The Kier molecular flexibility index (Phi) is 2.16. The molecule has 1 heterocycles. The Morgan fingerprint density at radius 2 is 2.07 bits per heavy atom. The highest BCUT2D eigenvalue weighted by Gasteiger charge is 2.03. The summed E-state index contributed by atoms with van der Waals surface area (Å²) in [6, 6.07) is 10.7. The van der Waals surface area contributed by atoms with Crippen molar-refractivity contribution in [3.8, 4) is 0 Å². The summed E-state index contributed by atoms with van der Waals surface area (Å²) in [5.41, 5.74) is 3.79. The monoisotopic (exact) mass is 185 g/mol. The van der Waals surface area contributed by atoms with Crippen LogP contribution < -0.4 is 0 Å². The van der Waals surface area contributed by atoms with Crippen molar-refractivity contribution in [3.63, 3.8) is 0 Å².